The van der Waals surface area contributed by atoms with Gasteiger partial charge in [-0.1, -0.05) is 36.9 Å². The Labute approximate surface area is 197 Å². The van der Waals surface area contributed by atoms with E-state index in [2.05, 4.69) is 16.4 Å². The summed E-state index contributed by atoms with van der Waals surface area (Å²) >= 11 is 1.59. The number of ether oxygens (including phenoxy) is 2. The number of aromatic nitrogens is 3. The van der Waals surface area contributed by atoms with Gasteiger partial charge in [0.15, 0.2) is 5.16 Å². The van der Waals surface area contributed by atoms with Crippen molar-refractivity contribution in [1.82, 2.24) is 14.5 Å². The zero-order valence-corrected chi connectivity index (χ0v) is 19.6. The molecule has 0 aliphatic rings. The summed E-state index contributed by atoms with van der Waals surface area (Å²) in [5.41, 5.74) is 3.44. The van der Waals surface area contributed by atoms with E-state index in [1.165, 1.54) is 0 Å². The largest absolute Gasteiger partial charge is 0.497 e. The second-order valence-electron chi connectivity index (χ2n) is 7.41. The fraction of sp³-hybridized carbons (Fsp3) is 0.240. The van der Waals surface area contributed by atoms with Gasteiger partial charge in [0, 0.05) is 23.7 Å². The molecule has 4 rings (SSSR count). The minimum absolute atomic E-state index is 0.114. The zero-order valence-electron chi connectivity index (χ0n) is 18.8. The van der Waals surface area contributed by atoms with Crippen LogP contribution < -0.4 is 14.8 Å². The highest BCUT2D eigenvalue weighted by Gasteiger charge is 2.25. The summed E-state index contributed by atoms with van der Waals surface area (Å²) in [5, 5.41) is 3.79. The van der Waals surface area contributed by atoms with Crippen LogP contribution in [0.5, 0.6) is 11.5 Å². The average molecular weight is 463 g/mol. The molecule has 8 heteroatoms. The summed E-state index contributed by atoms with van der Waals surface area (Å²) in [7, 11) is 3.26. The van der Waals surface area contributed by atoms with E-state index < -0.39 is 6.04 Å². The Kier molecular flexibility index (Phi) is 7.14. The molecule has 33 heavy (non-hydrogen) atoms. The van der Waals surface area contributed by atoms with Crippen LogP contribution in [0.4, 0.5) is 5.69 Å². The number of benzene rings is 2. The summed E-state index contributed by atoms with van der Waals surface area (Å²) in [6, 6.07) is 16.7. The first-order chi connectivity index (χ1) is 16.1. The molecule has 2 aromatic heterocycles. The third-order valence-corrected chi connectivity index (χ3v) is 6.32. The van der Waals surface area contributed by atoms with Gasteiger partial charge in [0.1, 0.15) is 17.5 Å². The second-order valence-corrected chi connectivity index (χ2v) is 8.36. The molecule has 4 aromatic rings. The third kappa shape index (κ3) is 5.12. The number of hydrogen-bond acceptors (Lipinski definition) is 6. The van der Waals surface area contributed by atoms with Crippen LogP contribution in [-0.2, 0) is 10.5 Å². The number of carbonyl (C=O) groups excluding carboxylic acids is 1. The predicted octanol–water partition coefficient (Wildman–Crippen LogP) is 5.33. The highest BCUT2D eigenvalue weighted by Crippen LogP contribution is 2.32. The van der Waals surface area contributed by atoms with Crippen LogP contribution in [0.25, 0.3) is 11.0 Å². The second kappa shape index (κ2) is 10.4. The van der Waals surface area contributed by atoms with Gasteiger partial charge in [-0.05, 0) is 42.3 Å². The molecule has 7 nitrogen and oxygen atoms in total. The lowest BCUT2D eigenvalue weighted by Crippen LogP contribution is -2.26. The van der Waals surface area contributed by atoms with Gasteiger partial charge in [0.05, 0.1) is 31.4 Å². The molecular weight excluding hydrogens is 436 g/mol. The van der Waals surface area contributed by atoms with Crippen LogP contribution in [0, 0.1) is 0 Å². The molecule has 1 atom stereocenters. The summed E-state index contributed by atoms with van der Waals surface area (Å²) in [4.78, 5) is 22.4. The van der Waals surface area contributed by atoms with E-state index in [0.717, 1.165) is 27.5 Å². The summed E-state index contributed by atoms with van der Waals surface area (Å²) < 4.78 is 12.6. The zero-order chi connectivity index (χ0) is 23.2. The third-order valence-electron chi connectivity index (χ3n) is 5.30. The number of imidazole rings is 1. The molecule has 1 N–H and O–H groups in total. The monoisotopic (exact) mass is 462 g/mol. The Morgan fingerprint density at radius 2 is 1.85 bits per heavy atom. The summed E-state index contributed by atoms with van der Waals surface area (Å²) in [6.07, 6.45) is 4.08. The maximum absolute atomic E-state index is 13.3. The van der Waals surface area contributed by atoms with Gasteiger partial charge in [0.2, 0.25) is 5.91 Å². The Morgan fingerprint density at radius 1 is 1.09 bits per heavy atom. The number of pyridine rings is 1. The molecule has 0 bridgehead atoms. The highest BCUT2D eigenvalue weighted by molar-refractivity contribution is 7.98. The number of nitrogens with one attached hydrogen (secondary N) is 1. The molecule has 1 amide bonds. The van der Waals surface area contributed by atoms with Crippen molar-refractivity contribution >= 4 is 34.4 Å². The number of anilines is 1. The molecule has 2 heterocycles. The van der Waals surface area contributed by atoms with Crippen molar-refractivity contribution in [3.63, 3.8) is 0 Å². The Bertz CT molecular complexity index is 1260. The van der Waals surface area contributed by atoms with E-state index >= 15 is 0 Å². The average Bonchev–Trinajstić information content (AvgIpc) is 3.21. The van der Waals surface area contributed by atoms with E-state index in [9.17, 15) is 4.79 Å². The highest BCUT2D eigenvalue weighted by atomic mass is 32.2. The van der Waals surface area contributed by atoms with E-state index in [1.54, 1.807) is 44.4 Å². The van der Waals surface area contributed by atoms with E-state index in [-0.39, 0.29) is 5.91 Å². The maximum atomic E-state index is 13.3. The standard InChI is InChI=1S/C25H26N4O3S/c1-4-22(24(30)27-18-8-6-10-20(14-18)32-3)29-23-15-26-12-11-21(23)28-25(29)33-16-17-7-5-9-19(13-17)31-2/h5-15,22H,4,16H2,1-3H3,(H,27,30). The molecule has 170 valence electrons. The first-order valence-corrected chi connectivity index (χ1v) is 11.6. The lowest BCUT2D eigenvalue weighted by molar-refractivity contribution is -0.119. The van der Waals surface area contributed by atoms with Crippen LogP contribution in [0.3, 0.4) is 0 Å². The fourth-order valence-corrected chi connectivity index (χ4v) is 4.65. The number of thioether (sulfide) groups is 1. The van der Waals surface area contributed by atoms with E-state index in [0.29, 0.717) is 23.6 Å². The molecule has 0 fully saturated rings. The normalized spacial score (nSPS) is 11.8. The molecule has 0 spiro atoms. The van der Waals surface area contributed by atoms with Crippen molar-refractivity contribution in [2.45, 2.75) is 30.3 Å². The maximum Gasteiger partial charge on any atom is 0.247 e. The quantitative estimate of drug-likeness (QED) is 0.339. The van der Waals surface area contributed by atoms with Crippen LogP contribution in [0.2, 0.25) is 0 Å². The number of nitrogens with zero attached hydrogens (tertiary/aromatic N) is 3. The first kappa shape index (κ1) is 22.7. The van der Waals surface area contributed by atoms with Crippen LogP contribution in [0.15, 0.2) is 72.1 Å². The van der Waals surface area contributed by atoms with Gasteiger partial charge in [0.25, 0.3) is 0 Å². The SMILES string of the molecule is CCC(C(=O)Nc1cccc(OC)c1)n1c(SCc2cccc(OC)c2)nc2ccncc21. The van der Waals surface area contributed by atoms with Crippen molar-refractivity contribution < 1.29 is 14.3 Å². The number of methoxy groups -OCH3 is 2. The van der Waals surface area contributed by atoms with Gasteiger partial charge in [-0.15, -0.1) is 0 Å². The molecule has 0 aliphatic carbocycles. The minimum atomic E-state index is -0.446. The molecule has 0 saturated heterocycles. The lowest BCUT2D eigenvalue weighted by atomic mass is 10.2. The smallest absolute Gasteiger partial charge is 0.247 e. The van der Waals surface area contributed by atoms with E-state index in [1.807, 2.05) is 54.0 Å². The summed E-state index contributed by atoms with van der Waals surface area (Å²) in [5.74, 6) is 2.08. The van der Waals surface area contributed by atoms with Crippen molar-refractivity contribution in [2.75, 3.05) is 19.5 Å². The van der Waals surface area contributed by atoms with Gasteiger partial charge in [-0.3, -0.25) is 9.78 Å². The van der Waals surface area contributed by atoms with Gasteiger partial charge in [-0.25, -0.2) is 4.98 Å². The fourth-order valence-electron chi connectivity index (χ4n) is 3.64. The lowest BCUT2D eigenvalue weighted by Gasteiger charge is -2.20. The predicted molar refractivity (Wildman–Crippen MR) is 131 cm³/mol. The van der Waals surface area contributed by atoms with Crippen molar-refractivity contribution in [1.29, 1.82) is 0 Å². The van der Waals surface area contributed by atoms with Gasteiger partial charge in [-0.2, -0.15) is 0 Å². The molecule has 0 aliphatic heterocycles. The first-order valence-electron chi connectivity index (χ1n) is 10.7. The molecule has 0 radical (unpaired) electrons. The van der Waals surface area contributed by atoms with Gasteiger partial charge >= 0.3 is 0 Å². The number of rotatable bonds is 9. The Hall–Kier alpha value is -3.52. The van der Waals surface area contributed by atoms with Crippen molar-refractivity contribution in [3.05, 3.63) is 72.6 Å². The van der Waals surface area contributed by atoms with Crippen LogP contribution in [0.1, 0.15) is 24.9 Å². The number of carbonyl (C=O) groups is 1. The number of fused-ring (bicyclic) bond motifs is 1. The molecule has 1 unspecified atom stereocenters. The summed E-state index contributed by atoms with van der Waals surface area (Å²) in [6.45, 7) is 1.99. The van der Waals surface area contributed by atoms with Crippen molar-refractivity contribution in [3.8, 4) is 11.5 Å². The molecular formula is C25H26N4O3S. The molecule has 2 aromatic carbocycles. The minimum Gasteiger partial charge on any atom is -0.497 e. The Morgan fingerprint density at radius 3 is 2.61 bits per heavy atom. The topological polar surface area (TPSA) is 78.3 Å². The van der Waals surface area contributed by atoms with Crippen LogP contribution >= 0.6 is 11.8 Å². The van der Waals surface area contributed by atoms with Gasteiger partial charge < -0.3 is 19.4 Å². The van der Waals surface area contributed by atoms with Crippen molar-refractivity contribution in [2.24, 2.45) is 0 Å². The Balaban J connectivity index is 1.64. The van der Waals surface area contributed by atoms with Crippen LogP contribution in [-0.4, -0.2) is 34.7 Å². The number of amides is 1. The van der Waals surface area contributed by atoms with E-state index in [4.69, 9.17) is 14.5 Å². The number of hydrogen-bond donors (Lipinski definition) is 1. The molecule has 0 saturated carbocycles.